The van der Waals surface area contributed by atoms with Gasteiger partial charge in [-0.05, 0) is 20.3 Å². The van der Waals surface area contributed by atoms with Gasteiger partial charge in [0.05, 0.1) is 0 Å². The van der Waals surface area contributed by atoms with E-state index in [2.05, 4.69) is 0 Å². The molecule has 0 aromatic heterocycles. The molecule has 2 aromatic carbocycles. The highest BCUT2D eigenvalue weighted by Crippen LogP contribution is 2.46. The minimum Gasteiger partial charge on any atom is -0.426 e. The van der Waals surface area contributed by atoms with E-state index < -0.39 is 17.9 Å². The number of carbonyl (C=O) groups is 3. The molecule has 0 N–H and O–H groups in total. The summed E-state index contributed by atoms with van der Waals surface area (Å²) in [5.41, 5.74) is 1.48. The van der Waals surface area contributed by atoms with E-state index >= 15 is 0 Å². The molecule has 2 rings (SSSR count). The van der Waals surface area contributed by atoms with Gasteiger partial charge in [-0.2, -0.15) is 0 Å². The third-order valence-corrected chi connectivity index (χ3v) is 3.62. The number of carbonyl (C=O) groups excluding carboxylic acids is 3. The Morgan fingerprint density at radius 3 is 1.67 bits per heavy atom. The summed E-state index contributed by atoms with van der Waals surface area (Å²) >= 11 is 0. The summed E-state index contributed by atoms with van der Waals surface area (Å²) in [5.74, 6) is -1.16. The molecule has 0 unspecified atom stereocenters. The van der Waals surface area contributed by atoms with Gasteiger partial charge in [-0.1, -0.05) is 35.9 Å². The quantitative estimate of drug-likeness (QED) is 0.447. The van der Waals surface area contributed by atoms with E-state index in [-0.39, 0.29) is 17.2 Å². The fourth-order valence-electron chi connectivity index (χ4n) is 2.65. The van der Waals surface area contributed by atoms with E-state index in [0.717, 1.165) is 5.57 Å². The molecule has 0 amide bonds. The molecule has 0 fully saturated rings. The van der Waals surface area contributed by atoms with E-state index in [1.54, 1.807) is 24.3 Å². The lowest BCUT2D eigenvalue weighted by Crippen LogP contribution is -2.12. The van der Waals surface area contributed by atoms with Crippen LogP contribution < -0.4 is 14.2 Å². The van der Waals surface area contributed by atoms with Crippen molar-refractivity contribution in [1.29, 1.82) is 0 Å². The van der Waals surface area contributed by atoms with E-state index in [1.165, 1.54) is 20.8 Å². The van der Waals surface area contributed by atoms with Gasteiger partial charge in [0.1, 0.15) is 5.75 Å². The Hall–Kier alpha value is -3.15. The zero-order valence-corrected chi connectivity index (χ0v) is 16.0. The number of allylic oxidation sites excluding steroid dienone is 2. The van der Waals surface area contributed by atoms with Crippen LogP contribution in [-0.4, -0.2) is 17.9 Å². The van der Waals surface area contributed by atoms with Crippen molar-refractivity contribution in [2.75, 3.05) is 0 Å². The first-order valence-corrected chi connectivity index (χ1v) is 8.46. The van der Waals surface area contributed by atoms with Crippen LogP contribution in [0, 0.1) is 0 Å². The molecule has 0 radical (unpaired) electrons. The lowest BCUT2D eigenvalue weighted by atomic mass is 9.99. The summed E-state index contributed by atoms with van der Waals surface area (Å²) in [5, 5.41) is 1.08. The molecule has 0 heterocycles. The summed E-state index contributed by atoms with van der Waals surface area (Å²) in [7, 11) is 0. The molecule has 0 aliphatic rings. The van der Waals surface area contributed by atoms with Crippen molar-refractivity contribution in [3.63, 3.8) is 0 Å². The van der Waals surface area contributed by atoms with Gasteiger partial charge in [-0.15, -0.1) is 0 Å². The van der Waals surface area contributed by atoms with Crippen molar-refractivity contribution in [3.05, 3.63) is 41.5 Å². The molecule has 0 saturated heterocycles. The van der Waals surface area contributed by atoms with Crippen LogP contribution in [0.15, 0.2) is 35.9 Å². The Kier molecular flexibility index (Phi) is 6.34. The highest BCUT2D eigenvalue weighted by atomic mass is 16.6. The first kappa shape index (κ1) is 20.2. The van der Waals surface area contributed by atoms with Gasteiger partial charge in [-0.25, -0.2) is 0 Å². The van der Waals surface area contributed by atoms with E-state index in [0.29, 0.717) is 22.8 Å². The summed E-state index contributed by atoms with van der Waals surface area (Å²) in [6, 6.07) is 6.99. The van der Waals surface area contributed by atoms with Gasteiger partial charge < -0.3 is 14.2 Å². The fraction of sp³-hybridized carbons (Fsp3) is 0.286. The van der Waals surface area contributed by atoms with E-state index in [9.17, 15) is 14.4 Å². The summed E-state index contributed by atoms with van der Waals surface area (Å²) in [6.07, 6.45) is 2.23. The number of esters is 3. The lowest BCUT2D eigenvalue weighted by Gasteiger charge is -2.19. The van der Waals surface area contributed by atoms with Crippen molar-refractivity contribution in [3.8, 4) is 17.2 Å². The molecule has 2 aromatic rings. The van der Waals surface area contributed by atoms with Crippen molar-refractivity contribution >= 4 is 28.7 Å². The highest BCUT2D eigenvalue weighted by Gasteiger charge is 2.25. The lowest BCUT2D eigenvalue weighted by molar-refractivity contribution is -0.134. The van der Waals surface area contributed by atoms with Gasteiger partial charge in [-0.3, -0.25) is 14.4 Å². The second-order valence-corrected chi connectivity index (χ2v) is 6.28. The number of ether oxygens (including phenoxy) is 3. The average Bonchev–Trinajstić information content (AvgIpc) is 2.56. The van der Waals surface area contributed by atoms with Gasteiger partial charge >= 0.3 is 17.9 Å². The predicted molar refractivity (Wildman–Crippen MR) is 101 cm³/mol. The predicted octanol–water partition coefficient (Wildman–Crippen LogP) is 4.12. The zero-order valence-electron chi connectivity index (χ0n) is 16.0. The minimum absolute atomic E-state index is 0.0742. The number of rotatable bonds is 5. The second-order valence-electron chi connectivity index (χ2n) is 6.28. The third kappa shape index (κ3) is 4.94. The van der Waals surface area contributed by atoms with Crippen LogP contribution in [0.5, 0.6) is 17.2 Å². The molecule has 0 spiro atoms. The van der Waals surface area contributed by atoms with Crippen LogP contribution >= 0.6 is 0 Å². The SMILES string of the molecule is CC(=O)Oc1c(CC=C(C)C)c(OC(C)=O)c2ccccc2c1OC(C)=O. The number of fused-ring (bicyclic) bond motifs is 1. The molecule has 0 saturated carbocycles. The van der Waals surface area contributed by atoms with Gasteiger partial charge in [0, 0.05) is 37.1 Å². The molecule has 6 heteroatoms. The number of hydrogen-bond acceptors (Lipinski definition) is 6. The molecular weight excluding hydrogens is 348 g/mol. The first-order chi connectivity index (χ1) is 12.7. The second kappa shape index (κ2) is 8.49. The monoisotopic (exact) mass is 370 g/mol. The fourth-order valence-corrected chi connectivity index (χ4v) is 2.65. The Balaban J connectivity index is 2.94. The van der Waals surface area contributed by atoms with Crippen LogP contribution in [-0.2, 0) is 20.8 Å². The Morgan fingerprint density at radius 2 is 1.19 bits per heavy atom. The number of benzene rings is 2. The smallest absolute Gasteiger partial charge is 0.308 e. The minimum atomic E-state index is -0.578. The number of hydrogen-bond donors (Lipinski definition) is 0. The molecule has 142 valence electrons. The largest absolute Gasteiger partial charge is 0.426 e. The van der Waals surface area contributed by atoms with Gasteiger partial charge in [0.2, 0.25) is 0 Å². The molecular formula is C21H22O6. The maximum atomic E-state index is 11.7. The summed E-state index contributed by atoms with van der Waals surface area (Å²) < 4.78 is 16.3. The molecule has 0 bridgehead atoms. The Morgan fingerprint density at radius 1 is 0.741 bits per heavy atom. The molecule has 6 nitrogen and oxygen atoms in total. The normalized spacial score (nSPS) is 10.3. The van der Waals surface area contributed by atoms with Gasteiger partial charge in [0.15, 0.2) is 11.5 Å². The van der Waals surface area contributed by atoms with Crippen molar-refractivity contribution in [2.24, 2.45) is 0 Å². The Labute approximate surface area is 157 Å². The van der Waals surface area contributed by atoms with Crippen LogP contribution in [0.3, 0.4) is 0 Å². The first-order valence-electron chi connectivity index (χ1n) is 8.46. The maximum Gasteiger partial charge on any atom is 0.308 e. The molecule has 27 heavy (non-hydrogen) atoms. The maximum absolute atomic E-state index is 11.7. The third-order valence-electron chi connectivity index (χ3n) is 3.62. The van der Waals surface area contributed by atoms with Crippen molar-refractivity contribution in [2.45, 2.75) is 41.0 Å². The highest BCUT2D eigenvalue weighted by molar-refractivity contribution is 6.00. The molecule has 0 atom stereocenters. The van der Waals surface area contributed by atoms with Crippen molar-refractivity contribution < 1.29 is 28.6 Å². The van der Waals surface area contributed by atoms with Crippen LogP contribution in [0.2, 0.25) is 0 Å². The van der Waals surface area contributed by atoms with E-state index in [1.807, 2.05) is 19.9 Å². The zero-order chi connectivity index (χ0) is 20.1. The summed E-state index contributed by atoms with van der Waals surface area (Å²) in [4.78, 5) is 35.1. The molecule has 0 aliphatic heterocycles. The Bertz CT molecular complexity index is 935. The average molecular weight is 370 g/mol. The van der Waals surface area contributed by atoms with Crippen LogP contribution in [0.4, 0.5) is 0 Å². The van der Waals surface area contributed by atoms with Crippen LogP contribution in [0.1, 0.15) is 40.2 Å². The van der Waals surface area contributed by atoms with Gasteiger partial charge in [0.25, 0.3) is 0 Å². The molecule has 0 aliphatic carbocycles. The summed E-state index contributed by atoms with van der Waals surface area (Å²) in [6.45, 7) is 7.66. The van der Waals surface area contributed by atoms with E-state index in [4.69, 9.17) is 14.2 Å². The van der Waals surface area contributed by atoms with Crippen molar-refractivity contribution in [1.82, 2.24) is 0 Å². The topological polar surface area (TPSA) is 78.9 Å². The standard InChI is InChI=1S/C21H22O6/c1-12(2)10-11-18-19(25-13(3)22)16-8-6-7-9-17(16)20(26-14(4)23)21(18)27-15(5)24/h6-10H,11H2,1-5H3. The van der Waals surface area contributed by atoms with Crippen LogP contribution in [0.25, 0.3) is 10.8 Å².